The van der Waals surface area contributed by atoms with Crippen LogP contribution in [-0.2, 0) is 4.79 Å². The molecule has 0 rings (SSSR count). The quantitative estimate of drug-likeness (QED) is 0.231. The van der Waals surface area contributed by atoms with E-state index in [4.69, 9.17) is 20.4 Å². The molecule has 1 atom stereocenters. The molecule has 5 heteroatoms. The summed E-state index contributed by atoms with van der Waals surface area (Å²) in [5, 5.41) is 34.0. The van der Waals surface area contributed by atoms with Crippen molar-refractivity contribution < 1.29 is 25.2 Å². The highest BCUT2D eigenvalue weighted by Gasteiger charge is 2.16. The fourth-order valence-corrected chi connectivity index (χ4v) is 0.784. The molecule has 5 nitrogen and oxygen atoms in total. The Morgan fingerprint density at radius 1 is 1.25 bits per heavy atom. The van der Waals surface area contributed by atoms with Crippen LogP contribution in [-0.4, -0.2) is 38.8 Å². The first-order valence-electron chi connectivity index (χ1n) is 3.76. The van der Waals surface area contributed by atoms with Crippen molar-refractivity contribution in [2.45, 2.75) is 37.8 Å². The molecule has 0 heterocycles. The molecule has 0 aromatic heterocycles. The lowest BCUT2D eigenvalue weighted by atomic mass is 10.1. The lowest BCUT2D eigenvalue weighted by molar-refractivity contribution is -0.315. The van der Waals surface area contributed by atoms with E-state index < -0.39 is 12.1 Å². The van der Waals surface area contributed by atoms with E-state index in [2.05, 4.69) is 0 Å². The largest absolute Gasteiger partial charge is 0.386 e. The lowest BCUT2D eigenvalue weighted by Crippen LogP contribution is -2.26. The Labute approximate surface area is 70.3 Å². The van der Waals surface area contributed by atoms with Crippen molar-refractivity contribution in [3.8, 4) is 0 Å². The van der Waals surface area contributed by atoms with Gasteiger partial charge < -0.3 is 25.2 Å². The number of aliphatic hydroxyl groups excluding tert-OH is 1. The van der Waals surface area contributed by atoms with Gasteiger partial charge in [0.2, 0.25) is 0 Å². The molecule has 0 saturated carbocycles. The van der Waals surface area contributed by atoms with Crippen LogP contribution >= 0.6 is 0 Å². The molecule has 12 heavy (non-hydrogen) atoms. The number of unbranched alkanes of at least 4 members (excludes halogenated alkanes) is 1. The van der Waals surface area contributed by atoms with Gasteiger partial charge >= 0.3 is 0 Å². The molecule has 0 radical (unpaired) electrons. The predicted molar refractivity (Wildman–Crippen MR) is 39.9 cm³/mol. The minimum atomic E-state index is -2.63. The van der Waals surface area contributed by atoms with E-state index in [1.54, 1.807) is 0 Å². The molecule has 0 aliphatic rings. The number of hydrogen-bond donors (Lipinski definition) is 4. The summed E-state index contributed by atoms with van der Waals surface area (Å²) in [6, 6.07) is 0. The molecular formula is C7H14O5. The van der Waals surface area contributed by atoms with Gasteiger partial charge in [0.15, 0.2) is 0 Å². The van der Waals surface area contributed by atoms with Gasteiger partial charge in [0.25, 0.3) is 5.97 Å². The number of aldehydes is 1. The standard InChI is InChI=1S/C7H14O5/c8-5-6(9)3-1-2-4-7(10,11)12/h5-6,9-12H,1-4H2. The summed E-state index contributed by atoms with van der Waals surface area (Å²) in [5.41, 5.74) is 0. The maximum atomic E-state index is 9.90. The second kappa shape index (κ2) is 5.21. The Hall–Kier alpha value is -0.490. The van der Waals surface area contributed by atoms with Crippen LogP contribution in [0.3, 0.4) is 0 Å². The molecule has 0 fully saturated rings. The Balaban J connectivity index is 3.27. The van der Waals surface area contributed by atoms with Gasteiger partial charge in [-0.05, 0) is 12.8 Å². The number of carbonyl (C=O) groups excluding carboxylic acids is 1. The third-order valence-corrected chi connectivity index (χ3v) is 1.42. The predicted octanol–water partition coefficient (Wildman–Crippen LogP) is -1.26. The molecule has 4 N–H and O–H groups in total. The third kappa shape index (κ3) is 7.62. The zero-order valence-corrected chi connectivity index (χ0v) is 6.68. The van der Waals surface area contributed by atoms with Crippen LogP contribution in [0.25, 0.3) is 0 Å². The van der Waals surface area contributed by atoms with Crippen LogP contribution in [0.5, 0.6) is 0 Å². The van der Waals surface area contributed by atoms with E-state index in [-0.39, 0.29) is 12.8 Å². The minimum Gasteiger partial charge on any atom is -0.386 e. The summed E-state index contributed by atoms with van der Waals surface area (Å²) in [4.78, 5) is 9.90. The third-order valence-electron chi connectivity index (χ3n) is 1.42. The van der Waals surface area contributed by atoms with E-state index >= 15 is 0 Å². The molecule has 0 aliphatic heterocycles. The van der Waals surface area contributed by atoms with Crippen molar-refractivity contribution in [2.75, 3.05) is 0 Å². The molecule has 1 unspecified atom stereocenters. The zero-order valence-electron chi connectivity index (χ0n) is 6.68. The van der Waals surface area contributed by atoms with Crippen molar-refractivity contribution in [1.82, 2.24) is 0 Å². The molecule has 0 saturated heterocycles. The van der Waals surface area contributed by atoms with Crippen LogP contribution in [0.4, 0.5) is 0 Å². The minimum absolute atomic E-state index is 0.182. The average Bonchev–Trinajstić information content (AvgIpc) is 1.96. The molecule has 0 amide bonds. The zero-order chi connectivity index (χ0) is 9.61. The Morgan fingerprint density at radius 2 is 1.83 bits per heavy atom. The summed E-state index contributed by atoms with van der Waals surface area (Å²) < 4.78 is 0. The fraction of sp³-hybridized carbons (Fsp3) is 0.857. The van der Waals surface area contributed by atoms with Crippen LogP contribution in [0, 0.1) is 0 Å². The van der Waals surface area contributed by atoms with Crippen LogP contribution in [0.15, 0.2) is 0 Å². The van der Waals surface area contributed by atoms with Crippen molar-refractivity contribution in [1.29, 1.82) is 0 Å². The van der Waals surface area contributed by atoms with Gasteiger partial charge in [-0.15, -0.1) is 0 Å². The van der Waals surface area contributed by atoms with Crippen molar-refractivity contribution in [3.63, 3.8) is 0 Å². The first kappa shape index (κ1) is 11.5. The summed E-state index contributed by atoms with van der Waals surface area (Å²) in [5.74, 6) is -2.63. The van der Waals surface area contributed by atoms with Gasteiger partial charge in [-0.1, -0.05) is 6.42 Å². The van der Waals surface area contributed by atoms with Gasteiger partial charge in [-0.2, -0.15) is 0 Å². The monoisotopic (exact) mass is 178 g/mol. The van der Waals surface area contributed by atoms with Gasteiger partial charge in [0.1, 0.15) is 12.4 Å². The molecule has 72 valence electrons. The second-order valence-electron chi connectivity index (χ2n) is 2.72. The maximum Gasteiger partial charge on any atom is 0.275 e. The highest BCUT2D eigenvalue weighted by atomic mass is 16.7. The van der Waals surface area contributed by atoms with Gasteiger partial charge in [-0.25, -0.2) is 0 Å². The van der Waals surface area contributed by atoms with Crippen LogP contribution < -0.4 is 0 Å². The van der Waals surface area contributed by atoms with E-state index in [1.165, 1.54) is 0 Å². The van der Waals surface area contributed by atoms with Crippen LogP contribution in [0.1, 0.15) is 25.7 Å². The molecular weight excluding hydrogens is 164 g/mol. The summed E-state index contributed by atoms with van der Waals surface area (Å²) >= 11 is 0. The van der Waals surface area contributed by atoms with E-state index in [1.807, 2.05) is 0 Å². The Bertz CT molecular complexity index is 128. The number of carbonyl (C=O) groups is 1. The van der Waals surface area contributed by atoms with Crippen molar-refractivity contribution in [3.05, 3.63) is 0 Å². The summed E-state index contributed by atoms with van der Waals surface area (Å²) in [6.45, 7) is 0. The second-order valence-corrected chi connectivity index (χ2v) is 2.72. The topological polar surface area (TPSA) is 98.0 Å². The van der Waals surface area contributed by atoms with Gasteiger partial charge in [0.05, 0.1) is 0 Å². The average molecular weight is 178 g/mol. The fourth-order valence-electron chi connectivity index (χ4n) is 0.784. The highest BCUT2D eigenvalue weighted by Crippen LogP contribution is 2.09. The van der Waals surface area contributed by atoms with Crippen LogP contribution in [0.2, 0.25) is 0 Å². The smallest absolute Gasteiger partial charge is 0.275 e. The molecule has 0 bridgehead atoms. The lowest BCUT2D eigenvalue weighted by Gasteiger charge is -2.13. The Kier molecular flexibility index (Phi) is 5.00. The molecule has 0 aromatic carbocycles. The number of hydrogen-bond acceptors (Lipinski definition) is 5. The number of aliphatic hydroxyl groups is 4. The van der Waals surface area contributed by atoms with Crippen molar-refractivity contribution in [2.24, 2.45) is 0 Å². The SMILES string of the molecule is O=CC(O)CCCCC(O)(O)O. The molecule has 0 spiro atoms. The molecule has 0 aliphatic carbocycles. The van der Waals surface area contributed by atoms with E-state index in [0.717, 1.165) is 0 Å². The van der Waals surface area contributed by atoms with E-state index in [0.29, 0.717) is 19.1 Å². The maximum absolute atomic E-state index is 9.90. The van der Waals surface area contributed by atoms with Crippen molar-refractivity contribution >= 4 is 6.29 Å². The number of rotatable bonds is 6. The van der Waals surface area contributed by atoms with E-state index in [9.17, 15) is 4.79 Å². The Morgan fingerprint density at radius 3 is 2.25 bits per heavy atom. The highest BCUT2D eigenvalue weighted by molar-refractivity contribution is 5.55. The normalized spacial score (nSPS) is 14.3. The van der Waals surface area contributed by atoms with Gasteiger partial charge in [-0.3, -0.25) is 0 Å². The summed E-state index contributed by atoms with van der Waals surface area (Å²) in [7, 11) is 0. The first-order valence-corrected chi connectivity index (χ1v) is 3.76. The van der Waals surface area contributed by atoms with Gasteiger partial charge in [0, 0.05) is 6.42 Å². The summed E-state index contributed by atoms with van der Waals surface area (Å²) in [6.07, 6.45) is 0.329. The molecule has 0 aromatic rings. The first-order chi connectivity index (χ1) is 5.45.